The SMILES string of the molecule is Cc1cccc(C(=O)NCc2ccc(N(C)C)cc2)c1F. The van der Waals surface area contributed by atoms with Crippen molar-refractivity contribution in [2.24, 2.45) is 0 Å². The fourth-order valence-electron chi connectivity index (χ4n) is 2.01. The average Bonchev–Trinajstić information content (AvgIpc) is 2.48. The molecule has 0 bridgehead atoms. The second-order valence-electron chi connectivity index (χ2n) is 5.18. The summed E-state index contributed by atoms with van der Waals surface area (Å²) in [6.07, 6.45) is 0. The summed E-state index contributed by atoms with van der Waals surface area (Å²) in [6, 6.07) is 12.7. The van der Waals surface area contributed by atoms with Crippen molar-refractivity contribution >= 4 is 11.6 Å². The Morgan fingerprint density at radius 3 is 2.43 bits per heavy atom. The number of amides is 1. The molecule has 3 nitrogen and oxygen atoms in total. The lowest BCUT2D eigenvalue weighted by atomic mass is 10.1. The molecule has 110 valence electrons. The van der Waals surface area contributed by atoms with Gasteiger partial charge < -0.3 is 10.2 Å². The summed E-state index contributed by atoms with van der Waals surface area (Å²) < 4.78 is 13.9. The average molecular weight is 286 g/mol. The Labute approximate surface area is 124 Å². The molecule has 0 fully saturated rings. The molecule has 0 aliphatic heterocycles. The minimum atomic E-state index is -0.460. The number of hydrogen-bond acceptors (Lipinski definition) is 2. The number of anilines is 1. The molecule has 2 aromatic rings. The first-order valence-corrected chi connectivity index (χ1v) is 6.78. The van der Waals surface area contributed by atoms with Crippen LogP contribution < -0.4 is 10.2 Å². The number of carbonyl (C=O) groups excluding carboxylic acids is 1. The van der Waals surface area contributed by atoms with Gasteiger partial charge in [0.15, 0.2) is 0 Å². The van der Waals surface area contributed by atoms with Crippen LogP contribution in [0.2, 0.25) is 0 Å². The van der Waals surface area contributed by atoms with Gasteiger partial charge in [-0.1, -0.05) is 24.3 Å². The third-order valence-electron chi connectivity index (χ3n) is 3.34. The van der Waals surface area contributed by atoms with Gasteiger partial charge in [-0.25, -0.2) is 4.39 Å². The lowest BCUT2D eigenvalue weighted by Crippen LogP contribution is -2.24. The fraction of sp³-hybridized carbons (Fsp3) is 0.235. The van der Waals surface area contributed by atoms with Crippen molar-refractivity contribution < 1.29 is 9.18 Å². The number of hydrogen-bond donors (Lipinski definition) is 1. The van der Waals surface area contributed by atoms with Gasteiger partial charge in [0.2, 0.25) is 0 Å². The summed E-state index contributed by atoms with van der Waals surface area (Å²) in [4.78, 5) is 14.0. The minimum Gasteiger partial charge on any atom is -0.378 e. The lowest BCUT2D eigenvalue weighted by molar-refractivity contribution is 0.0946. The number of rotatable bonds is 4. The second-order valence-corrected chi connectivity index (χ2v) is 5.18. The van der Waals surface area contributed by atoms with Gasteiger partial charge in [-0.15, -0.1) is 0 Å². The first-order chi connectivity index (χ1) is 9.99. The van der Waals surface area contributed by atoms with E-state index in [-0.39, 0.29) is 5.56 Å². The van der Waals surface area contributed by atoms with E-state index in [0.29, 0.717) is 12.1 Å². The van der Waals surface area contributed by atoms with Crippen LogP contribution in [-0.2, 0) is 6.54 Å². The third-order valence-corrected chi connectivity index (χ3v) is 3.34. The van der Waals surface area contributed by atoms with Crippen LogP contribution in [0.5, 0.6) is 0 Å². The smallest absolute Gasteiger partial charge is 0.254 e. The van der Waals surface area contributed by atoms with Crippen molar-refractivity contribution in [1.29, 1.82) is 0 Å². The Kier molecular flexibility index (Phi) is 4.58. The van der Waals surface area contributed by atoms with Gasteiger partial charge in [0.1, 0.15) is 5.82 Å². The van der Waals surface area contributed by atoms with Crippen LogP contribution >= 0.6 is 0 Å². The molecular formula is C17H19FN2O. The number of nitrogens with zero attached hydrogens (tertiary/aromatic N) is 1. The molecule has 4 heteroatoms. The summed E-state index contributed by atoms with van der Waals surface area (Å²) in [5.74, 6) is -0.856. The van der Waals surface area contributed by atoms with E-state index in [2.05, 4.69) is 5.32 Å². The monoisotopic (exact) mass is 286 g/mol. The molecule has 21 heavy (non-hydrogen) atoms. The maximum absolute atomic E-state index is 13.9. The quantitative estimate of drug-likeness (QED) is 0.936. The summed E-state index contributed by atoms with van der Waals surface area (Å²) >= 11 is 0. The number of nitrogens with one attached hydrogen (secondary N) is 1. The molecule has 0 aromatic heterocycles. The van der Waals surface area contributed by atoms with Gasteiger partial charge >= 0.3 is 0 Å². The van der Waals surface area contributed by atoms with Crippen LogP contribution in [0.4, 0.5) is 10.1 Å². The van der Waals surface area contributed by atoms with Crippen LogP contribution in [0.25, 0.3) is 0 Å². The molecule has 2 rings (SSSR count). The number of benzene rings is 2. The first-order valence-electron chi connectivity index (χ1n) is 6.78. The van der Waals surface area contributed by atoms with Crippen LogP contribution in [0.15, 0.2) is 42.5 Å². The predicted octanol–water partition coefficient (Wildman–Crippen LogP) is 3.13. The topological polar surface area (TPSA) is 32.3 Å². The van der Waals surface area contributed by atoms with Crippen molar-refractivity contribution in [1.82, 2.24) is 5.32 Å². The molecule has 0 saturated heterocycles. The molecular weight excluding hydrogens is 267 g/mol. The van der Waals surface area contributed by atoms with Gasteiger partial charge in [0.05, 0.1) is 5.56 Å². The highest BCUT2D eigenvalue weighted by Crippen LogP contribution is 2.14. The van der Waals surface area contributed by atoms with E-state index in [0.717, 1.165) is 11.3 Å². The predicted molar refractivity (Wildman–Crippen MR) is 83.1 cm³/mol. The van der Waals surface area contributed by atoms with Crippen LogP contribution in [0.3, 0.4) is 0 Å². The molecule has 2 aromatic carbocycles. The minimum absolute atomic E-state index is 0.0833. The van der Waals surface area contributed by atoms with Crippen molar-refractivity contribution in [3.8, 4) is 0 Å². The van der Waals surface area contributed by atoms with Gasteiger partial charge in [-0.05, 0) is 36.2 Å². The molecule has 0 saturated carbocycles. The zero-order valence-electron chi connectivity index (χ0n) is 12.5. The highest BCUT2D eigenvalue weighted by molar-refractivity contribution is 5.94. The zero-order valence-corrected chi connectivity index (χ0v) is 12.5. The van der Waals surface area contributed by atoms with Gasteiger partial charge in [-0.2, -0.15) is 0 Å². The van der Waals surface area contributed by atoms with Gasteiger partial charge in [0, 0.05) is 26.3 Å². The molecule has 0 radical (unpaired) electrons. The fourth-order valence-corrected chi connectivity index (χ4v) is 2.01. The molecule has 0 heterocycles. The summed E-state index contributed by atoms with van der Waals surface area (Å²) in [6.45, 7) is 2.02. The highest BCUT2D eigenvalue weighted by atomic mass is 19.1. The van der Waals surface area contributed by atoms with E-state index >= 15 is 0 Å². The highest BCUT2D eigenvalue weighted by Gasteiger charge is 2.12. The lowest BCUT2D eigenvalue weighted by Gasteiger charge is -2.13. The number of halogens is 1. The maximum Gasteiger partial charge on any atom is 0.254 e. The molecule has 1 amide bonds. The van der Waals surface area contributed by atoms with Gasteiger partial charge in [0.25, 0.3) is 5.91 Å². The van der Waals surface area contributed by atoms with Crippen LogP contribution in [-0.4, -0.2) is 20.0 Å². The Hall–Kier alpha value is -2.36. The second kappa shape index (κ2) is 6.39. The maximum atomic E-state index is 13.9. The zero-order chi connectivity index (χ0) is 15.4. The Bertz CT molecular complexity index is 636. The third kappa shape index (κ3) is 3.60. The van der Waals surface area contributed by atoms with E-state index in [1.807, 2.05) is 43.3 Å². The Balaban J connectivity index is 2.02. The van der Waals surface area contributed by atoms with Crippen molar-refractivity contribution in [2.75, 3.05) is 19.0 Å². The van der Waals surface area contributed by atoms with E-state index in [9.17, 15) is 9.18 Å². The van der Waals surface area contributed by atoms with Crippen LogP contribution in [0, 0.1) is 12.7 Å². The van der Waals surface area contributed by atoms with Gasteiger partial charge in [-0.3, -0.25) is 4.79 Å². The Morgan fingerprint density at radius 2 is 1.81 bits per heavy atom. The molecule has 0 unspecified atom stereocenters. The Morgan fingerprint density at radius 1 is 1.14 bits per heavy atom. The number of aryl methyl sites for hydroxylation is 1. The van der Waals surface area contributed by atoms with Crippen molar-refractivity contribution in [3.63, 3.8) is 0 Å². The first kappa shape index (κ1) is 15.0. The summed E-state index contributed by atoms with van der Waals surface area (Å²) in [5.41, 5.74) is 2.62. The molecule has 0 atom stereocenters. The summed E-state index contributed by atoms with van der Waals surface area (Å²) in [5, 5.41) is 2.74. The normalized spacial score (nSPS) is 10.3. The van der Waals surface area contributed by atoms with Crippen molar-refractivity contribution in [2.45, 2.75) is 13.5 Å². The summed E-state index contributed by atoms with van der Waals surface area (Å²) in [7, 11) is 3.94. The number of carbonyl (C=O) groups is 1. The largest absolute Gasteiger partial charge is 0.378 e. The van der Waals surface area contributed by atoms with E-state index in [1.54, 1.807) is 19.1 Å². The van der Waals surface area contributed by atoms with E-state index < -0.39 is 11.7 Å². The molecule has 0 aliphatic rings. The van der Waals surface area contributed by atoms with Crippen LogP contribution in [0.1, 0.15) is 21.5 Å². The standard InChI is InChI=1S/C17H19FN2O/c1-12-5-4-6-15(16(12)18)17(21)19-11-13-7-9-14(10-8-13)20(2)3/h4-10H,11H2,1-3H3,(H,19,21). The van der Waals surface area contributed by atoms with Crippen molar-refractivity contribution in [3.05, 3.63) is 65.0 Å². The van der Waals surface area contributed by atoms with E-state index in [4.69, 9.17) is 0 Å². The molecule has 0 spiro atoms. The van der Waals surface area contributed by atoms with E-state index in [1.165, 1.54) is 6.07 Å². The molecule has 1 N–H and O–H groups in total. The molecule has 0 aliphatic carbocycles.